The smallest absolute Gasteiger partial charge is 0.144 e. The van der Waals surface area contributed by atoms with E-state index in [2.05, 4.69) is 41.5 Å². The molecule has 0 spiro atoms. The van der Waals surface area contributed by atoms with Crippen molar-refractivity contribution in [2.24, 2.45) is 0 Å². The molecule has 0 heterocycles. The highest BCUT2D eigenvalue weighted by Crippen LogP contribution is 2.36. The van der Waals surface area contributed by atoms with Gasteiger partial charge in [0.15, 0.2) is 0 Å². The standard InChI is InChI=1S/C30H66O4S3Si2/c1-7-13-27-38-29(31-21-9-3,32-22-10-4)19-15-17-25-35-37-36-26-18-16-20-30(33-23-11-5,34-24-12-6)39-28-14-8-2/h7-28,38-39H2,1-6H3. The second-order valence-corrected chi connectivity index (χ2v) is 19.8. The van der Waals surface area contributed by atoms with Gasteiger partial charge in [-0.3, -0.25) is 0 Å². The number of rotatable bonds is 32. The van der Waals surface area contributed by atoms with E-state index in [9.17, 15) is 0 Å². The minimum atomic E-state index is -0.392. The average molecular weight is 643 g/mol. The lowest BCUT2D eigenvalue weighted by molar-refractivity contribution is -0.186. The summed E-state index contributed by atoms with van der Waals surface area (Å²) in [4.78, 5) is 0. The van der Waals surface area contributed by atoms with Gasteiger partial charge in [0.1, 0.15) is 10.8 Å². The topological polar surface area (TPSA) is 36.9 Å². The Bertz CT molecular complexity index is 449. The van der Waals surface area contributed by atoms with Crippen LogP contribution in [0.15, 0.2) is 0 Å². The molecule has 0 unspecified atom stereocenters. The highest BCUT2D eigenvalue weighted by molar-refractivity contribution is 9.09. The van der Waals surface area contributed by atoms with Crippen LogP contribution in [0.4, 0.5) is 0 Å². The Kier molecular flexibility index (Phi) is 30.4. The Balaban J connectivity index is 4.30. The van der Waals surface area contributed by atoms with Gasteiger partial charge < -0.3 is 18.9 Å². The summed E-state index contributed by atoms with van der Waals surface area (Å²) in [6, 6.07) is 2.67. The summed E-state index contributed by atoms with van der Waals surface area (Å²) in [6.07, 6.45) is 16.6. The van der Waals surface area contributed by atoms with Crippen LogP contribution in [0.25, 0.3) is 0 Å². The van der Waals surface area contributed by atoms with E-state index in [0.29, 0.717) is 0 Å². The summed E-state index contributed by atoms with van der Waals surface area (Å²) in [5.74, 6) is 2.43. The van der Waals surface area contributed by atoms with Gasteiger partial charge in [-0.25, -0.2) is 0 Å². The Hall–Kier alpha value is 1.32. The molecule has 39 heavy (non-hydrogen) atoms. The maximum atomic E-state index is 6.41. The van der Waals surface area contributed by atoms with Gasteiger partial charge in [-0.1, -0.05) is 101 Å². The summed E-state index contributed by atoms with van der Waals surface area (Å²) in [5.41, 5.74) is -0.436. The SMILES string of the molecule is CCCC[SiH2]C(CCCCSSSCCCCC(OCCC)(OCCC)[SiH2]CCCC)(OCCC)OCCC. The van der Waals surface area contributed by atoms with Crippen molar-refractivity contribution >= 4 is 50.5 Å². The first kappa shape index (κ1) is 40.3. The van der Waals surface area contributed by atoms with E-state index >= 15 is 0 Å². The maximum absolute atomic E-state index is 6.41. The fourth-order valence-corrected chi connectivity index (χ4v) is 13.3. The summed E-state index contributed by atoms with van der Waals surface area (Å²) >= 11 is 0. The Morgan fingerprint density at radius 1 is 0.462 bits per heavy atom. The quantitative estimate of drug-likeness (QED) is 0.0313. The van der Waals surface area contributed by atoms with Crippen molar-refractivity contribution in [3.05, 3.63) is 0 Å². The average Bonchev–Trinajstić information content (AvgIpc) is 2.95. The predicted molar refractivity (Wildman–Crippen MR) is 187 cm³/mol. The highest BCUT2D eigenvalue weighted by atomic mass is 33.5. The van der Waals surface area contributed by atoms with Gasteiger partial charge in [-0.2, -0.15) is 0 Å². The molecule has 0 fully saturated rings. The van der Waals surface area contributed by atoms with E-state index in [4.69, 9.17) is 18.9 Å². The third-order valence-electron chi connectivity index (χ3n) is 6.77. The number of hydrogen-bond donors (Lipinski definition) is 0. The molecular weight excluding hydrogens is 577 g/mol. The lowest BCUT2D eigenvalue weighted by Crippen LogP contribution is -2.43. The van der Waals surface area contributed by atoms with Crippen LogP contribution in [0, 0.1) is 0 Å². The molecule has 0 aromatic heterocycles. The van der Waals surface area contributed by atoms with Gasteiger partial charge >= 0.3 is 0 Å². The van der Waals surface area contributed by atoms with Crippen LogP contribution >= 0.6 is 31.4 Å². The monoisotopic (exact) mass is 642 g/mol. The second kappa shape index (κ2) is 29.4. The first-order valence-electron chi connectivity index (χ1n) is 16.5. The zero-order valence-corrected chi connectivity index (χ0v) is 32.1. The molecule has 0 aromatic carbocycles. The minimum Gasteiger partial charge on any atom is -0.354 e. The van der Waals surface area contributed by atoms with Crippen molar-refractivity contribution in [2.75, 3.05) is 37.9 Å². The van der Waals surface area contributed by atoms with Crippen LogP contribution in [-0.2, 0) is 18.9 Å². The van der Waals surface area contributed by atoms with E-state index in [1.165, 1.54) is 75.0 Å². The van der Waals surface area contributed by atoms with Crippen molar-refractivity contribution in [2.45, 2.75) is 154 Å². The third kappa shape index (κ3) is 22.5. The van der Waals surface area contributed by atoms with Crippen molar-refractivity contribution in [1.82, 2.24) is 0 Å². The Morgan fingerprint density at radius 2 is 0.821 bits per heavy atom. The van der Waals surface area contributed by atoms with Crippen LogP contribution in [0.5, 0.6) is 0 Å². The fraction of sp³-hybridized carbons (Fsp3) is 1.00. The molecule has 9 heteroatoms. The second-order valence-electron chi connectivity index (χ2n) is 10.8. The molecule has 0 saturated heterocycles. The molecule has 0 aliphatic rings. The first-order chi connectivity index (χ1) is 19.1. The van der Waals surface area contributed by atoms with Gasteiger partial charge in [0.25, 0.3) is 0 Å². The fourth-order valence-electron chi connectivity index (χ4n) is 4.56. The van der Waals surface area contributed by atoms with Gasteiger partial charge in [0.05, 0.1) is 19.0 Å². The lowest BCUT2D eigenvalue weighted by Gasteiger charge is -2.34. The maximum Gasteiger partial charge on any atom is 0.144 e. The molecule has 0 N–H and O–H groups in total. The summed E-state index contributed by atoms with van der Waals surface area (Å²) < 4.78 is 25.7. The Morgan fingerprint density at radius 3 is 1.13 bits per heavy atom. The Labute approximate surface area is 260 Å². The first-order valence-corrected chi connectivity index (χ1v) is 23.8. The highest BCUT2D eigenvalue weighted by Gasteiger charge is 2.32. The molecule has 236 valence electrons. The van der Waals surface area contributed by atoms with Crippen LogP contribution < -0.4 is 0 Å². The lowest BCUT2D eigenvalue weighted by atomic mass is 10.2. The normalized spacial score (nSPS) is 13.1. The van der Waals surface area contributed by atoms with E-state index in [0.717, 1.165) is 65.0 Å². The minimum absolute atomic E-state index is 0.218. The molecule has 0 amide bonds. The van der Waals surface area contributed by atoms with Crippen LogP contribution in [-0.4, -0.2) is 67.8 Å². The number of hydrogen-bond acceptors (Lipinski definition) is 7. The summed E-state index contributed by atoms with van der Waals surface area (Å²) in [7, 11) is 5.25. The largest absolute Gasteiger partial charge is 0.354 e. The molecule has 0 radical (unpaired) electrons. The van der Waals surface area contributed by atoms with Crippen LogP contribution in [0.1, 0.15) is 131 Å². The predicted octanol–water partition coefficient (Wildman–Crippen LogP) is 9.15. The van der Waals surface area contributed by atoms with Crippen molar-refractivity contribution in [3.63, 3.8) is 0 Å². The molecule has 0 saturated carbocycles. The molecule has 0 aromatic rings. The van der Waals surface area contributed by atoms with Crippen molar-refractivity contribution in [1.29, 1.82) is 0 Å². The molecule has 0 aliphatic carbocycles. The molecule has 0 aliphatic heterocycles. The van der Waals surface area contributed by atoms with Gasteiger partial charge in [-0.15, -0.1) is 0 Å². The van der Waals surface area contributed by atoms with Crippen molar-refractivity contribution < 1.29 is 18.9 Å². The number of unbranched alkanes of at least 4 members (excludes halogenated alkanes) is 4. The molecular formula is C30H66O4S3Si2. The molecule has 4 nitrogen and oxygen atoms in total. The van der Waals surface area contributed by atoms with E-state index in [1.807, 2.05) is 31.4 Å². The third-order valence-corrected chi connectivity index (χ3v) is 15.9. The van der Waals surface area contributed by atoms with E-state index < -0.39 is 19.0 Å². The van der Waals surface area contributed by atoms with E-state index in [1.54, 1.807) is 0 Å². The molecule has 0 atom stereocenters. The van der Waals surface area contributed by atoms with Crippen molar-refractivity contribution in [3.8, 4) is 0 Å². The van der Waals surface area contributed by atoms with Gasteiger partial charge in [0, 0.05) is 37.9 Å². The zero-order valence-electron chi connectivity index (χ0n) is 26.8. The van der Waals surface area contributed by atoms with Crippen LogP contribution in [0.3, 0.4) is 0 Å². The van der Waals surface area contributed by atoms with Gasteiger partial charge in [-0.05, 0) is 74.0 Å². The van der Waals surface area contributed by atoms with Crippen LogP contribution in [0.2, 0.25) is 12.1 Å². The van der Waals surface area contributed by atoms with E-state index in [-0.39, 0.29) is 10.8 Å². The summed E-state index contributed by atoms with van der Waals surface area (Å²) in [5, 5.41) is 0. The number of ether oxygens (including phenoxy) is 4. The summed E-state index contributed by atoms with van der Waals surface area (Å²) in [6.45, 7) is 16.7. The molecule has 0 bridgehead atoms. The molecule has 0 rings (SSSR count). The van der Waals surface area contributed by atoms with Gasteiger partial charge in [0.2, 0.25) is 0 Å². The zero-order chi connectivity index (χ0) is 28.9.